The van der Waals surface area contributed by atoms with Crippen LogP contribution in [0.1, 0.15) is 35.9 Å². The highest BCUT2D eigenvalue weighted by Gasteiger charge is 2.30. The number of benzene rings is 1. The van der Waals surface area contributed by atoms with Crippen LogP contribution in [0.4, 0.5) is 24.7 Å². The second-order valence-corrected chi connectivity index (χ2v) is 8.16. The quantitative estimate of drug-likeness (QED) is 0.389. The van der Waals surface area contributed by atoms with Crippen LogP contribution >= 0.6 is 0 Å². The SMILES string of the molecule is CC(C)n1nc(-c2ccn3c(C(=O)Nc4cccc(C(F)(F)F)c4)cnc3c2)c2c(N)ncnc21. The Morgan fingerprint density at radius 3 is 2.66 bits per heavy atom. The van der Waals surface area contributed by atoms with E-state index >= 15 is 0 Å². The number of hydrogen-bond acceptors (Lipinski definition) is 6. The van der Waals surface area contributed by atoms with Crippen LogP contribution < -0.4 is 11.1 Å². The third kappa shape index (κ3) is 3.92. The van der Waals surface area contributed by atoms with Gasteiger partial charge in [-0.25, -0.2) is 19.6 Å². The van der Waals surface area contributed by atoms with Gasteiger partial charge < -0.3 is 11.1 Å². The van der Waals surface area contributed by atoms with Crippen LogP contribution in [0.25, 0.3) is 27.9 Å². The first-order valence-corrected chi connectivity index (χ1v) is 10.6. The molecule has 1 aromatic carbocycles. The van der Waals surface area contributed by atoms with Crippen LogP contribution in [0.15, 0.2) is 55.1 Å². The van der Waals surface area contributed by atoms with Crippen molar-refractivity contribution in [3.05, 3.63) is 66.4 Å². The Hall–Kier alpha value is -4.48. The van der Waals surface area contributed by atoms with Gasteiger partial charge in [0.1, 0.15) is 29.2 Å². The number of carbonyl (C=O) groups is 1. The lowest BCUT2D eigenvalue weighted by atomic mass is 10.1. The number of fused-ring (bicyclic) bond motifs is 2. The minimum absolute atomic E-state index is 0.0255. The lowest BCUT2D eigenvalue weighted by molar-refractivity contribution is -0.137. The van der Waals surface area contributed by atoms with E-state index in [4.69, 9.17) is 5.73 Å². The van der Waals surface area contributed by atoms with Crippen LogP contribution in [0.2, 0.25) is 0 Å². The van der Waals surface area contributed by atoms with Crippen molar-refractivity contribution in [3.8, 4) is 11.3 Å². The van der Waals surface area contributed by atoms with Gasteiger partial charge in [-0.15, -0.1) is 0 Å². The summed E-state index contributed by atoms with van der Waals surface area (Å²) in [4.78, 5) is 25.5. The number of aromatic nitrogens is 6. The van der Waals surface area contributed by atoms with Gasteiger partial charge in [-0.05, 0) is 44.2 Å². The predicted molar refractivity (Wildman–Crippen MR) is 124 cm³/mol. The molecular weight excluding hydrogens is 461 g/mol. The van der Waals surface area contributed by atoms with Crippen LogP contribution in [0, 0.1) is 0 Å². The van der Waals surface area contributed by atoms with Crippen molar-refractivity contribution in [2.24, 2.45) is 0 Å². The number of halogens is 3. The molecule has 0 saturated heterocycles. The number of carbonyl (C=O) groups excluding carboxylic acids is 1. The van der Waals surface area contributed by atoms with Gasteiger partial charge in [0.2, 0.25) is 0 Å². The van der Waals surface area contributed by atoms with Gasteiger partial charge in [0.05, 0.1) is 17.1 Å². The highest BCUT2D eigenvalue weighted by molar-refractivity contribution is 6.04. The fourth-order valence-electron chi connectivity index (χ4n) is 3.82. The zero-order chi connectivity index (χ0) is 24.9. The summed E-state index contributed by atoms with van der Waals surface area (Å²) >= 11 is 0. The van der Waals surface area contributed by atoms with Gasteiger partial charge in [-0.1, -0.05) is 6.07 Å². The molecule has 5 aromatic rings. The minimum Gasteiger partial charge on any atom is -0.383 e. The average molecular weight is 480 g/mol. The van der Waals surface area contributed by atoms with Crippen LogP contribution in [0.5, 0.6) is 0 Å². The van der Waals surface area contributed by atoms with Gasteiger partial charge in [0.15, 0.2) is 5.65 Å². The molecule has 0 unspecified atom stereocenters. The number of nitrogen functional groups attached to an aromatic ring is 1. The molecule has 9 nitrogen and oxygen atoms in total. The Labute approximate surface area is 196 Å². The number of amides is 1. The molecule has 0 bridgehead atoms. The predicted octanol–water partition coefficient (Wildman–Crippen LogP) is 4.58. The minimum atomic E-state index is -4.51. The summed E-state index contributed by atoms with van der Waals surface area (Å²) in [5.74, 6) is -0.307. The molecular formula is C23H19F3N8O. The number of rotatable bonds is 4. The Balaban J connectivity index is 1.51. The highest BCUT2D eigenvalue weighted by atomic mass is 19.4. The molecule has 0 aliphatic carbocycles. The third-order valence-corrected chi connectivity index (χ3v) is 5.47. The second-order valence-electron chi connectivity index (χ2n) is 8.16. The van der Waals surface area contributed by atoms with Gasteiger partial charge in [-0.2, -0.15) is 18.3 Å². The van der Waals surface area contributed by atoms with E-state index < -0.39 is 17.6 Å². The van der Waals surface area contributed by atoms with Crippen LogP contribution in [-0.2, 0) is 6.18 Å². The van der Waals surface area contributed by atoms with Crippen molar-refractivity contribution in [1.82, 2.24) is 29.1 Å². The third-order valence-electron chi connectivity index (χ3n) is 5.47. The molecule has 0 saturated carbocycles. The van der Waals surface area contributed by atoms with Crippen molar-refractivity contribution in [3.63, 3.8) is 0 Å². The molecule has 178 valence electrons. The van der Waals surface area contributed by atoms with E-state index in [0.717, 1.165) is 12.1 Å². The molecule has 0 fully saturated rings. The van der Waals surface area contributed by atoms with Crippen molar-refractivity contribution >= 4 is 34.1 Å². The number of nitrogens with zero attached hydrogens (tertiary/aromatic N) is 6. The number of anilines is 2. The van der Waals surface area contributed by atoms with Gasteiger partial charge in [-0.3, -0.25) is 9.20 Å². The fourth-order valence-corrected chi connectivity index (χ4v) is 3.82. The van der Waals surface area contributed by atoms with Crippen molar-refractivity contribution in [2.75, 3.05) is 11.1 Å². The zero-order valence-corrected chi connectivity index (χ0v) is 18.6. The second kappa shape index (κ2) is 8.08. The van der Waals surface area contributed by atoms with Gasteiger partial charge in [0.25, 0.3) is 5.91 Å². The maximum Gasteiger partial charge on any atom is 0.416 e. The molecule has 3 N–H and O–H groups in total. The summed E-state index contributed by atoms with van der Waals surface area (Å²) < 4.78 is 42.2. The molecule has 0 atom stereocenters. The number of imidazole rings is 1. The number of pyridine rings is 1. The van der Waals surface area contributed by atoms with Crippen LogP contribution in [0.3, 0.4) is 0 Å². The first-order chi connectivity index (χ1) is 16.6. The van der Waals surface area contributed by atoms with E-state index in [-0.39, 0.29) is 17.4 Å². The number of hydrogen-bond donors (Lipinski definition) is 2. The first-order valence-electron chi connectivity index (χ1n) is 10.6. The van der Waals surface area contributed by atoms with E-state index in [9.17, 15) is 18.0 Å². The van der Waals surface area contributed by atoms with Gasteiger partial charge >= 0.3 is 6.18 Å². The molecule has 1 amide bonds. The molecule has 35 heavy (non-hydrogen) atoms. The molecule has 0 aliphatic heterocycles. The largest absolute Gasteiger partial charge is 0.416 e. The summed E-state index contributed by atoms with van der Waals surface area (Å²) in [6.45, 7) is 3.95. The Morgan fingerprint density at radius 1 is 1.11 bits per heavy atom. The average Bonchev–Trinajstić information content (AvgIpc) is 3.41. The zero-order valence-electron chi connectivity index (χ0n) is 18.6. The van der Waals surface area contributed by atoms with E-state index in [1.807, 2.05) is 13.8 Å². The summed E-state index contributed by atoms with van der Waals surface area (Å²) in [6.07, 6.45) is -0.139. The number of nitrogens with one attached hydrogen (secondary N) is 1. The summed E-state index contributed by atoms with van der Waals surface area (Å²) in [6, 6.07) is 7.94. The number of nitrogens with two attached hydrogens (primary N) is 1. The topological polar surface area (TPSA) is 116 Å². The summed E-state index contributed by atoms with van der Waals surface area (Å²) in [5, 5.41) is 7.78. The smallest absolute Gasteiger partial charge is 0.383 e. The summed E-state index contributed by atoms with van der Waals surface area (Å²) in [5.41, 5.74) is 7.77. The first kappa shape index (κ1) is 22.3. The highest BCUT2D eigenvalue weighted by Crippen LogP contribution is 2.33. The Bertz CT molecular complexity index is 1590. The monoisotopic (exact) mass is 480 g/mol. The molecule has 12 heteroatoms. The van der Waals surface area contributed by atoms with Gasteiger partial charge in [0, 0.05) is 23.5 Å². The molecule has 4 heterocycles. The normalized spacial score (nSPS) is 12.1. The number of alkyl halides is 3. The lowest BCUT2D eigenvalue weighted by Gasteiger charge is -2.10. The van der Waals surface area contributed by atoms with E-state index in [0.29, 0.717) is 33.8 Å². The molecule has 4 aromatic heterocycles. The molecule has 0 aliphatic rings. The van der Waals surface area contributed by atoms with E-state index in [1.54, 1.807) is 23.0 Å². The molecule has 5 rings (SSSR count). The standard InChI is InChI=1S/C23H19F3N8O/c1-12(2)34-21-18(20(27)29-11-30-21)19(32-34)13-6-7-33-16(10-28-17(33)8-13)22(35)31-15-5-3-4-14(9-15)23(24,25)26/h3-12H,1-2H3,(H,31,35)(H2,27,29,30). The Kier molecular flexibility index (Phi) is 5.15. The van der Waals surface area contributed by atoms with E-state index in [2.05, 4.69) is 25.4 Å². The van der Waals surface area contributed by atoms with Crippen molar-refractivity contribution in [1.29, 1.82) is 0 Å². The van der Waals surface area contributed by atoms with E-state index in [1.165, 1.54) is 29.1 Å². The van der Waals surface area contributed by atoms with Crippen LogP contribution in [-0.4, -0.2) is 35.0 Å². The lowest BCUT2D eigenvalue weighted by Crippen LogP contribution is -2.15. The maximum atomic E-state index is 13.0. The van der Waals surface area contributed by atoms with Crippen molar-refractivity contribution < 1.29 is 18.0 Å². The van der Waals surface area contributed by atoms with Crippen molar-refractivity contribution in [2.45, 2.75) is 26.1 Å². The molecule has 0 radical (unpaired) electrons. The summed E-state index contributed by atoms with van der Waals surface area (Å²) in [7, 11) is 0. The maximum absolute atomic E-state index is 13.0. The Morgan fingerprint density at radius 2 is 1.91 bits per heavy atom. The molecule has 0 spiro atoms. The fraction of sp³-hybridized carbons (Fsp3) is 0.174.